The molecular weight excluding hydrogens is 316 g/mol. The molecule has 2 amide bonds. The number of benzene rings is 1. The molecule has 6 nitrogen and oxygen atoms in total. The summed E-state index contributed by atoms with van der Waals surface area (Å²) in [5.74, 6) is 1.13. The van der Waals surface area contributed by atoms with Gasteiger partial charge in [-0.2, -0.15) is 0 Å². The smallest absolute Gasteiger partial charge is 0.315 e. The normalized spacial score (nSPS) is 19.1. The van der Waals surface area contributed by atoms with Crippen LogP contribution in [0.5, 0.6) is 0 Å². The molecule has 0 fully saturated rings. The van der Waals surface area contributed by atoms with Crippen LogP contribution in [-0.2, 0) is 13.1 Å². The quantitative estimate of drug-likeness (QED) is 0.704. The van der Waals surface area contributed by atoms with Gasteiger partial charge in [0, 0.05) is 44.0 Å². The number of carbonyl (C=O) groups is 1. The van der Waals surface area contributed by atoms with Crippen LogP contribution in [0.4, 0.5) is 4.79 Å². The van der Waals surface area contributed by atoms with Crippen molar-refractivity contribution in [3.63, 3.8) is 0 Å². The van der Waals surface area contributed by atoms with Crippen LogP contribution in [0.1, 0.15) is 23.4 Å². The van der Waals surface area contributed by atoms with Gasteiger partial charge in [-0.1, -0.05) is 36.4 Å². The third-order valence-electron chi connectivity index (χ3n) is 4.44. The topological polar surface area (TPSA) is 79.2 Å². The number of imidazole rings is 1. The number of urea groups is 1. The first-order valence-corrected chi connectivity index (χ1v) is 8.53. The molecule has 0 bridgehead atoms. The van der Waals surface area contributed by atoms with Gasteiger partial charge in [-0.15, -0.1) is 0 Å². The first-order valence-electron chi connectivity index (χ1n) is 8.53. The Hall–Kier alpha value is -2.60. The fourth-order valence-corrected chi connectivity index (χ4v) is 3.02. The van der Waals surface area contributed by atoms with Gasteiger partial charge in [0.1, 0.15) is 5.82 Å². The number of aromatic nitrogens is 2. The zero-order chi connectivity index (χ0) is 17.6. The van der Waals surface area contributed by atoms with E-state index in [1.54, 1.807) is 6.20 Å². The fourth-order valence-electron chi connectivity index (χ4n) is 3.02. The zero-order valence-electron chi connectivity index (χ0n) is 14.4. The average molecular weight is 340 g/mol. The first kappa shape index (κ1) is 17.2. The lowest BCUT2D eigenvalue weighted by Gasteiger charge is -2.14. The number of hydrogen-bond donors (Lipinski definition) is 3. The predicted octanol–water partition coefficient (Wildman–Crippen LogP) is 1.98. The third-order valence-corrected chi connectivity index (χ3v) is 4.44. The van der Waals surface area contributed by atoms with E-state index in [4.69, 9.17) is 5.11 Å². The Balaban J connectivity index is 1.50. The monoisotopic (exact) mass is 340 g/mol. The second kappa shape index (κ2) is 7.98. The van der Waals surface area contributed by atoms with Crippen molar-refractivity contribution in [3.8, 4) is 0 Å². The summed E-state index contributed by atoms with van der Waals surface area (Å²) in [5, 5.41) is 14.9. The molecule has 0 unspecified atom stereocenters. The molecule has 3 rings (SSSR count). The number of nitrogens with one attached hydrogen (secondary N) is 2. The van der Waals surface area contributed by atoms with Gasteiger partial charge in [0.05, 0.1) is 0 Å². The van der Waals surface area contributed by atoms with Crippen LogP contribution >= 0.6 is 0 Å². The predicted molar refractivity (Wildman–Crippen MR) is 96.0 cm³/mol. The lowest BCUT2D eigenvalue weighted by Crippen LogP contribution is -2.40. The second-order valence-electron chi connectivity index (χ2n) is 6.42. The lowest BCUT2D eigenvalue weighted by atomic mass is 10.1. The summed E-state index contributed by atoms with van der Waals surface area (Å²) in [6.07, 6.45) is 8.40. The SMILES string of the molecule is Cc1nccn1Cc1cccc(CNC(=O)N[C@@H]2C=C[C@H](CO)C2)c1. The average Bonchev–Trinajstić information content (AvgIpc) is 3.23. The minimum Gasteiger partial charge on any atom is -0.396 e. The van der Waals surface area contributed by atoms with Crippen LogP contribution in [0.2, 0.25) is 0 Å². The summed E-state index contributed by atoms with van der Waals surface area (Å²) in [7, 11) is 0. The number of hydrogen-bond acceptors (Lipinski definition) is 3. The minimum atomic E-state index is -0.191. The van der Waals surface area contributed by atoms with Crippen molar-refractivity contribution < 1.29 is 9.90 Å². The van der Waals surface area contributed by atoms with Crippen LogP contribution in [-0.4, -0.2) is 33.3 Å². The van der Waals surface area contributed by atoms with Gasteiger partial charge in [-0.25, -0.2) is 9.78 Å². The van der Waals surface area contributed by atoms with Crippen molar-refractivity contribution in [2.45, 2.75) is 32.5 Å². The van der Waals surface area contributed by atoms with E-state index in [-0.39, 0.29) is 24.6 Å². The number of nitrogens with zero attached hydrogens (tertiary/aromatic N) is 2. The molecular formula is C19H24N4O2. The second-order valence-corrected chi connectivity index (χ2v) is 6.42. The van der Waals surface area contributed by atoms with Crippen molar-refractivity contribution in [2.24, 2.45) is 5.92 Å². The highest BCUT2D eigenvalue weighted by Crippen LogP contribution is 2.16. The van der Waals surface area contributed by atoms with E-state index >= 15 is 0 Å². The molecule has 0 saturated carbocycles. The maximum Gasteiger partial charge on any atom is 0.315 e. The highest BCUT2D eigenvalue weighted by Gasteiger charge is 2.19. The molecule has 3 N–H and O–H groups in total. The summed E-state index contributed by atoms with van der Waals surface area (Å²) in [6.45, 7) is 3.35. The number of aryl methyl sites for hydroxylation is 1. The van der Waals surface area contributed by atoms with E-state index in [1.165, 1.54) is 5.56 Å². The molecule has 0 saturated heterocycles. The Morgan fingerprint density at radius 3 is 2.92 bits per heavy atom. The summed E-state index contributed by atoms with van der Waals surface area (Å²) in [6, 6.07) is 7.97. The fraction of sp³-hybridized carbons (Fsp3) is 0.368. The molecule has 2 aromatic rings. The highest BCUT2D eigenvalue weighted by molar-refractivity contribution is 5.74. The van der Waals surface area contributed by atoms with E-state index in [0.717, 1.165) is 24.4 Å². The van der Waals surface area contributed by atoms with Gasteiger partial charge < -0.3 is 20.3 Å². The Bertz CT molecular complexity index is 753. The molecule has 1 aromatic heterocycles. The van der Waals surface area contributed by atoms with Crippen LogP contribution < -0.4 is 10.6 Å². The molecule has 0 aliphatic heterocycles. The summed E-state index contributed by atoms with van der Waals surface area (Å²) in [5.41, 5.74) is 2.23. The first-order chi connectivity index (χ1) is 12.1. The van der Waals surface area contributed by atoms with E-state index in [0.29, 0.717) is 6.54 Å². The maximum atomic E-state index is 12.0. The van der Waals surface area contributed by atoms with Crippen molar-refractivity contribution in [1.82, 2.24) is 20.2 Å². The zero-order valence-corrected chi connectivity index (χ0v) is 14.4. The van der Waals surface area contributed by atoms with E-state index < -0.39 is 0 Å². The Labute approximate surface area is 147 Å². The summed E-state index contributed by atoms with van der Waals surface area (Å²) < 4.78 is 2.09. The number of rotatable bonds is 6. The van der Waals surface area contributed by atoms with E-state index in [9.17, 15) is 4.79 Å². The molecule has 6 heteroatoms. The van der Waals surface area contributed by atoms with Crippen molar-refractivity contribution in [3.05, 3.63) is 65.8 Å². The number of aliphatic hydroxyl groups excluding tert-OH is 1. The number of carbonyl (C=O) groups excluding carboxylic acids is 1. The van der Waals surface area contributed by atoms with Gasteiger partial charge >= 0.3 is 6.03 Å². The van der Waals surface area contributed by atoms with E-state index in [1.807, 2.05) is 37.4 Å². The minimum absolute atomic E-state index is 0.00676. The van der Waals surface area contributed by atoms with E-state index in [2.05, 4.69) is 32.3 Å². The number of aliphatic hydroxyl groups is 1. The Kier molecular flexibility index (Phi) is 5.50. The largest absolute Gasteiger partial charge is 0.396 e. The third kappa shape index (κ3) is 4.70. The molecule has 1 aliphatic rings. The molecule has 132 valence electrons. The van der Waals surface area contributed by atoms with Crippen molar-refractivity contribution in [1.29, 1.82) is 0 Å². The molecule has 1 aliphatic carbocycles. The van der Waals surface area contributed by atoms with Crippen LogP contribution in [0.25, 0.3) is 0 Å². The standard InChI is InChI=1S/C19H24N4O2/c1-14-20-7-8-23(14)12-16-4-2-3-15(9-16)11-21-19(25)22-18-6-5-17(10-18)13-24/h2-9,17-18,24H,10-13H2,1H3,(H2,21,22,25)/t17-,18+/m0/s1. The van der Waals surface area contributed by atoms with Crippen molar-refractivity contribution >= 4 is 6.03 Å². The molecule has 1 aromatic carbocycles. The molecule has 25 heavy (non-hydrogen) atoms. The van der Waals surface area contributed by atoms with Crippen LogP contribution in [0.3, 0.4) is 0 Å². The van der Waals surface area contributed by atoms with Crippen LogP contribution in [0.15, 0.2) is 48.8 Å². The van der Waals surface area contributed by atoms with Gasteiger partial charge in [0.2, 0.25) is 0 Å². The van der Waals surface area contributed by atoms with Crippen molar-refractivity contribution in [2.75, 3.05) is 6.61 Å². The molecule has 2 atom stereocenters. The number of amides is 2. The molecule has 0 radical (unpaired) electrons. The van der Waals surface area contributed by atoms with Gasteiger partial charge in [-0.3, -0.25) is 0 Å². The lowest BCUT2D eigenvalue weighted by molar-refractivity contribution is 0.231. The Morgan fingerprint density at radius 2 is 2.20 bits per heavy atom. The van der Waals surface area contributed by atoms with Gasteiger partial charge in [0.25, 0.3) is 0 Å². The van der Waals surface area contributed by atoms with Gasteiger partial charge in [0.15, 0.2) is 0 Å². The highest BCUT2D eigenvalue weighted by atomic mass is 16.3. The summed E-state index contributed by atoms with van der Waals surface area (Å²) >= 11 is 0. The van der Waals surface area contributed by atoms with Crippen LogP contribution in [0, 0.1) is 12.8 Å². The molecule has 0 spiro atoms. The summed E-state index contributed by atoms with van der Waals surface area (Å²) in [4.78, 5) is 16.3. The van der Waals surface area contributed by atoms with Gasteiger partial charge in [-0.05, 0) is 24.5 Å². The Morgan fingerprint density at radius 1 is 1.36 bits per heavy atom. The molecule has 1 heterocycles. The maximum absolute atomic E-state index is 12.0.